The molecule has 1 aliphatic heterocycles. The summed E-state index contributed by atoms with van der Waals surface area (Å²) in [6, 6.07) is 13.6. The van der Waals surface area contributed by atoms with Gasteiger partial charge >= 0.3 is 0 Å². The number of aryl methyl sites for hydroxylation is 1. The average molecular weight is 339 g/mol. The van der Waals surface area contributed by atoms with Crippen LogP contribution in [0.15, 0.2) is 47.6 Å². The Morgan fingerprint density at radius 3 is 2.67 bits per heavy atom. The van der Waals surface area contributed by atoms with Crippen LogP contribution in [0, 0.1) is 12.8 Å². The molecule has 2 atom stereocenters. The highest BCUT2D eigenvalue weighted by molar-refractivity contribution is 6.30. The molecule has 2 aliphatic rings. The molecule has 4 heteroatoms. The topological polar surface area (TPSA) is 32.7 Å². The molecule has 2 aromatic rings. The zero-order valence-corrected chi connectivity index (χ0v) is 14.5. The molecule has 3 nitrogen and oxygen atoms in total. The number of halogens is 1. The van der Waals surface area contributed by atoms with Gasteiger partial charge in [0.05, 0.1) is 11.4 Å². The maximum Gasteiger partial charge on any atom is 0.248 e. The summed E-state index contributed by atoms with van der Waals surface area (Å²) in [5, 5.41) is 6.94. The van der Waals surface area contributed by atoms with E-state index in [9.17, 15) is 4.79 Å². The Morgan fingerprint density at radius 1 is 1.17 bits per heavy atom. The van der Waals surface area contributed by atoms with Crippen molar-refractivity contribution in [3.63, 3.8) is 0 Å². The van der Waals surface area contributed by atoms with Crippen LogP contribution in [-0.2, 0) is 4.79 Å². The number of anilines is 1. The number of carbonyl (C=O) groups is 1. The second-order valence-electron chi connectivity index (χ2n) is 6.74. The Kier molecular flexibility index (Phi) is 3.69. The van der Waals surface area contributed by atoms with E-state index in [1.807, 2.05) is 12.1 Å². The van der Waals surface area contributed by atoms with Crippen molar-refractivity contribution >= 4 is 28.9 Å². The fraction of sp³-hybridized carbons (Fsp3) is 0.300. The van der Waals surface area contributed by atoms with E-state index >= 15 is 0 Å². The summed E-state index contributed by atoms with van der Waals surface area (Å²) in [6.45, 7) is 4.40. The number of fused-ring (bicyclic) bond motifs is 3. The molecule has 4 rings (SSSR count). The van der Waals surface area contributed by atoms with E-state index in [4.69, 9.17) is 16.7 Å². The van der Waals surface area contributed by atoms with Crippen molar-refractivity contribution < 1.29 is 4.79 Å². The number of nitrogens with zero attached hydrogens (tertiary/aromatic N) is 2. The van der Waals surface area contributed by atoms with Gasteiger partial charge in [-0.3, -0.25) is 4.79 Å². The van der Waals surface area contributed by atoms with E-state index in [1.54, 1.807) is 12.1 Å². The van der Waals surface area contributed by atoms with E-state index < -0.39 is 0 Å². The van der Waals surface area contributed by atoms with E-state index in [0.717, 1.165) is 17.8 Å². The number of benzene rings is 2. The molecule has 0 fully saturated rings. The van der Waals surface area contributed by atoms with Crippen LogP contribution in [-0.4, -0.2) is 11.6 Å². The third-order valence-electron chi connectivity index (χ3n) is 5.05. The van der Waals surface area contributed by atoms with Gasteiger partial charge in [0.1, 0.15) is 0 Å². The standard InChI is InChI=1S/C20H19ClN2O/c1-12-4-3-5-17-19(12)13(2)10-14-11-18(24)23(22-20(14)17)16-8-6-15(21)7-9-16/h3-9,13-14H,10-11H2,1-2H3. The summed E-state index contributed by atoms with van der Waals surface area (Å²) >= 11 is 5.96. The summed E-state index contributed by atoms with van der Waals surface area (Å²) in [6.07, 6.45) is 1.50. The molecule has 1 aliphatic carbocycles. The molecular weight excluding hydrogens is 320 g/mol. The van der Waals surface area contributed by atoms with Crippen LogP contribution in [0.5, 0.6) is 0 Å². The van der Waals surface area contributed by atoms with Crippen molar-refractivity contribution in [3.8, 4) is 0 Å². The predicted octanol–water partition coefficient (Wildman–Crippen LogP) is 4.91. The molecule has 1 amide bonds. The van der Waals surface area contributed by atoms with Gasteiger partial charge < -0.3 is 0 Å². The minimum absolute atomic E-state index is 0.0503. The average Bonchev–Trinajstić information content (AvgIpc) is 2.55. The van der Waals surface area contributed by atoms with Crippen LogP contribution in [0.3, 0.4) is 0 Å². The van der Waals surface area contributed by atoms with Crippen molar-refractivity contribution in [2.24, 2.45) is 11.0 Å². The highest BCUT2D eigenvalue weighted by atomic mass is 35.5. The second-order valence-corrected chi connectivity index (χ2v) is 7.18. The van der Waals surface area contributed by atoms with Crippen LogP contribution in [0.25, 0.3) is 0 Å². The van der Waals surface area contributed by atoms with Gasteiger partial charge in [-0.05, 0) is 54.7 Å². The van der Waals surface area contributed by atoms with Crippen molar-refractivity contribution in [1.29, 1.82) is 0 Å². The summed E-state index contributed by atoms with van der Waals surface area (Å²) in [4.78, 5) is 12.6. The number of hydrazone groups is 1. The Hall–Kier alpha value is -2.13. The van der Waals surface area contributed by atoms with Crippen LogP contribution in [0.4, 0.5) is 5.69 Å². The van der Waals surface area contributed by atoms with Gasteiger partial charge in [0.2, 0.25) is 5.91 Å². The maximum absolute atomic E-state index is 12.6. The lowest BCUT2D eigenvalue weighted by molar-refractivity contribution is -0.119. The zero-order valence-electron chi connectivity index (χ0n) is 13.8. The Bertz CT molecular complexity index is 841. The molecule has 1 heterocycles. The Morgan fingerprint density at radius 2 is 1.92 bits per heavy atom. The zero-order chi connectivity index (χ0) is 16.8. The van der Waals surface area contributed by atoms with Crippen molar-refractivity contribution in [1.82, 2.24) is 0 Å². The summed E-state index contributed by atoms with van der Waals surface area (Å²) in [7, 11) is 0. The SMILES string of the molecule is Cc1cccc2c1C(C)CC1CC(=O)N(c3ccc(Cl)cc3)N=C21. The van der Waals surface area contributed by atoms with Crippen LogP contribution >= 0.6 is 11.6 Å². The lowest BCUT2D eigenvalue weighted by Gasteiger charge is -2.36. The summed E-state index contributed by atoms with van der Waals surface area (Å²) in [5.74, 6) is 0.722. The molecule has 24 heavy (non-hydrogen) atoms. The van der Waals surface area contributed by atoms with Gasteiger partial charge in [-0.15, -0.1) is 0 Å². The number of amides is 1. The Labute approximate surface area is 146 Å². The van der Waals surface area contributed by atoms with Crippen LogP contribution in [0.1, 0.15) is 42.4 Å². The molecule has 0 radical (unpaired) electrons. The fourth-order valence-corrected chi connectivity index (χ4v) is 4.12. The smallest absolute Gasteiger partial charge is 0.248 e. The quantitative estimate of drug-likeness (QED) is 0.727. The highest BCUT2D eigenvalue weighted by Gasteiger charge is 2.37. The van der Waals surface area contributed by atoms with Gasteiger partial charge in [-0.2, -0.15) is 5.10 Å². The van der Waals surface area contributed by atoms with Gasteiger partial charge in [-0.1, -0.05) is 36.7 Å². The number of hydrogen-bond acceptors (Lipinski definition) is 2. The van der Waals surface area contributed by atoms with E-state index in [0.29, 0.717) is 17.4 Å². The van der Waals surface area contributed by atoms with Crippen molar-refractivity contribution in [3.05, 3.63) is 64.2 Å². The first-order valence-corrected chi connectivity index (χ1v) is 8.69. The largest absolute Gasteiger partial charge is 0.273 e. The van der Waals surface area contributed by atoms with Crippen molar-refractivity contribution in [2.45, 2.75) is 32.6 Å². The van der Waals surface area contributed by atoms with Crippen LogP contribution < -0.4 is 5.01 Å². The highest BCUT2D eigenvalue weighted by Crippen LogP contribution is 2.40. The molecule has 2 aromatic carbocycles. The number of carbonyl (C=O) groups excluding carboxylic acids is 1. The minimum Gasteiger partial charge on any atom is -0.273 e. The monoisotopic (exact) mass is 338 g/mol. The lowest BCUT2D eigenvalue weighted by Crippen LogP contribution is -2.40. The van der Waals surface area contributed by atoms with E-state index in [-0.39, 0.29) is 11.8 Å². The predicted molar refractivity (Wildman–Crippen MR) is 97.8 cm³/mol. The molecule has 0 N–H and O–H groups in total. The third-order valence-corrected chi connectivity index (χ3v) is 5.31. The molecule has 0 aromatic heterocycles. The minimum atomic E-state index is 0.0503. The van der Waals surface area contributed by atoms with E-state index in [2.05, 4.69) is 32.0 Å². The third kappa shape index (κ3) is 2.44. The van der Waals surface area contributed by atoms with Gasteiger partial charge in [0.15, 0.2) is 0 Å². The molecular formula is C20H19ClN2O. The van der Waals surface area contributed by atoms with Gasteiger partial charge in [-0.25, -0.2) is 5.01 Å². The molecule has 0 saturated carbocycles. The Balaban J connectivity index is 1.83. The normalized spacial score (nSPS) is 22.7. The molecule has 2 unspecified atom stereocenters. The number of hydrogen-bond donors (Lipinski definition) is 0. The van der Waals surface area contributed by atoms with Crippen molar-refractivity contribution in [2.75, 3.05) is 5.01 Å². The van der Waals surface area contributed by atoms with Gasteiger partial charge in [0.25, 0.3) is 0 Å². The summed E-state index contributed by atoms with van der Waals surface area (Å²) in [5.41, 5.74) is 5.68. The lowest BCUT2D eigenvalue weighted by atomic mass is 9.73. The first-order chi connectivity index (χ1) is 11.5. The molecule has 0 saturated heterocycles. The maximum atomic E-state index is 12.6. The second kappa shape index (κ2) is 5.75. The first kappa shape index (κ1) is 15.4. The van der Waals surface area contributed by atoms with Crippen LogP contribution in [0.2, 0.25) is 5.02 Å². The van der Waals surface area contributed by atoms with E-state index in [1.165, 1.54) is 21.7 Å². The summed E-state index contributed by atoms with van der Waals surface area (Å²) < 4.78 is 0. The first-order valence-electron chi connectivity index (χ1n) is 8.31. The molecule has 122 valence electrons. The molecule has 0 bridgehead atoms. The molecule has 0 spiro atoms. The van der Waals surface area contributed by atoms with Gasteiger partial charge in [0, 0.05) is 22.9 Å². The number of rotatable bonds is 1. The fourth-order valence-electron chi connectivity index (χ4n) is 3.99.